The van der Waals surface area contributed by atoms with Crippen molar-refractivity contribution >= 4 is 5.97 Å². The predicted molar refractivity (Wildman–Crippen MR) is 46.8 cm³/mol. The Morgan fingerprint density at radius 2 is 2.36 bits per heavy atom. The number of esters is 1. The molecule has 0 radical (unpaired) electrons. The molecule has 5 heteroatoms. The molecule has 0 N–H and O–H groups in total. The third-order valence-corrected chi connectivity index (χ3v) is 1.45. The predicted octanol–water partition coefficient (Wildman–Crippen LogP) is 1.56. The molecule has 0 aromatic carbocycles. The van der Waals surface area contributed by atoms with Gasteiger partial charge in [-0.25, -0.2) is 14.2 Å². The van der Waals surface area contributed by atoms with Crippen molar-refractivity contribution < 1.29 is 18.7 Å². The van der Waals surface area contributed by atoms with E-state index in [0.717, 1.165) is 0 Å². The monoisotopic (exact) mass is 199 g/mol. The Morgan fingerprint density at radius 3 is 2.93 bits per heavy atom. The number of aromatic nitrogens is 1. The van der Waals surface area contributed by atoms with Gasteiger partial charge in [0.2, 0.25) is 12.2 Å². The second-order valence-electron chi connectivity index (χ2n) is 2.51. The Labute approximate surface area is 80.7 Å². The number of ether oxygens (including phenoxy) is 2. The molecule has 0 spiro atoms. The highest BCUT2D eigenvalue weighted by Crippen LogP contribution is 2.16. The van der Waals surface area contributed by atoms with Crippen LogP contribution in [0.5, 0.6) is 5.88 Å². The molecular weight excluding hydrogens is 189 g/mol. The standard InChI is InChI=1S/C9H10FNO3/c1-6(10)14-8-7(9(12)13-2)4-3-5-11-8/h3-6H,1-2H3. The summed E-state index contributed by atoms with van der Waals surface area (Å²) in [6.07, 6.45) is -0.113. The maximum atomic E-state index is 12.5. The van der Waals surface area contributed by atoms with Gasteiger partial charge in [-0.3, -0.25) is 0 Å². The maximum Gasteiger partial charge on any atom is 0.343 e. The molecule has 0 amide bonds. The van der Waals surface area contributed by atoms with Crippen LogP contribution < -0.4 is 4.74 Å². The summed E-state index contributed by atoms with van der Waals surface area (Å²) in [5, 5.41) is 0. The molecule has 0 saturated carbocycles. The van der Waals surface area contributed by atoms with Crippen LogP contribution in [0.15, 0.2) is 18.3 Å². The zero-order valence-electron chi connectivity index (χ0n) is 7.86. The Bertz CT molecular complexity index is 328. The Morgan fingerprint density at radius 1 is 1.64 bits per heavy atom. The molecule has 1 heterocycles. The van der Waals surface area contributed by atoms with Crippen molar-refractivity contribution in [1.29, 1.82) is 0 Å². The number of rotatable bonds is 3. The first-order valence-corrected chi connectivity index (χ1v) is 3.99. The van der Waals surface area contributed by atoms with Gasteiger partial charge >= 0.3 is 5.97 Å². The molecule has 1 rings (SSSR count). The van der Waals surface area contributed by atoms with Crippen molar-refractivity contribution in [2.24, 2.45) is 0 Å². The van der Waals surface area contributed by atoms with E-state index in [4.69, 9.17) is 0 Å². The average Bonchev–Trinajstić information content (AvgIpc) is 2.16. The molecule has 1 unspecified atom stereocenters. The van der Waals surface area contributed by atoms with E-state index in [1.165, 1.54) is 26.3 Å². The molecule has 0 saturated heterocycles. The number of pyridine rings is 1. The van der Waals surface area contributed by atoms with Gasteiger partial charge in [-0.15, -0.1) is 0 Å². The number of carbonyl (C=O) groups excluding carboxylic acids is 1. The highest BCUT2D eigenvalue weighted by Gasteiger charge is 2.15. The fraction of sp³-hybridized carbons (Fsp3) is 0.333. The quantitative estimate of drug-likeness (QED) is 0.693. The summed E-state index contributed by atoms with van der Waals surface area (Å²) in [7, 11) is 1.23. The second-order valence-corrected chi connectivity index (χ2v) is 2.51. The van der Waals surface area contributed by atoms with E-state index in [1.54, 1.807) is 6.07 Å². The Hall–Kier alpha value is -1.65. The number of hydrogen-bond acceptors (Lipinski definition) is 4. The summed E-state index contributed by atoms with van der Waals surface area (Å²) in [4.78, 5) is 14.9. The van der Waals surface area contributed by atoms with Gasteiger partial charge in [0.05, 0.1) is 7.11 Å². The van der Waals surface area contributed by atoms with Crippen molar-refractivity contribution in [3.05, 3.63) is 23.9 Å². The molecule has 1 atom stereocenters. The maximum absolute atomic E-state index is 12.5. The van der Waals surface area contributed by atoms with E-state index >= 15 is 0 Å². The minimum Gasteiger partial charge on any atom is -0.465 e. The van der Waals surface area contributed by atoms with Crippen molar-refractivity contribution in [2.75, 3.05) is 7.11 Å². The van der Waals surface area contributed by atoms with Crippen LogP contribution in [0, 0.1) is 0 Å². The molecule has 14 heavy (non-hydrogen) atoms. The third kappa shape index (κ3) is 2.42. The van der Waals surface area contributed by atoms with Crippen molar-refractivity contribution in [3.63, 3.8) is 0 Å². The van der Waals surface area contributed by atoms with Crippen molar-refractivity contribution in [2.45, 2.75) is 13.3 Å². The summed E-state index contributed by atoms with van der Waals surface area (Å²) in [5.74, 6) is -0.664. The number of halogens is 1. The Kier molecular flexibility index (Phi) is 3.39. The van der Waals surface area contributed by atoms with Crippen LogP contribution in [0.4, 0.5) is 4.39 Å². The summed E-state index contributed by atoms with van der Waals surface area (Å²) in [5.41, 5.74) is 0.111. The first-order chi connectivity index (χ1) is 6.65. The summed E-state index contributed by atoms with van der Waals surface area (Å²) < 4.78 is 21.7. The van der Waals surface area contributed by atoms with Gasteiger partial charge in [0.1, 0.15) is 5.56 Å². The molecular formula is C9H10FNO3. The highest BCUT2D eigenvalue weighted by molar-refractivity contribution is 5.91. The lowest BCUT2D eigenvalue weighted by atomic mass is 10.3. The molecule has 76 valence electrons. The van der Waals surface area contributed by atoms with E-state index in [0.29, 0.717) is 0 Å². The molecule has 0 bridgehead atoms. The molecule has 0 aliphatic carbocycles. The van der Waals surface area contributed by atoms with E-state index in [2.05, 4.69) is 14.5 Å². The van der Waals surface area contributed by atoms with E-state index in [1.807, 2.05) is 0 Å². The first-order valence-electron chi connectivity index (χ1n) is 3.99. The van der Waals surface area contributed by atoms with Gasteiger partial charge in [0.25, 0.3) is 0 Å². The fourth-order valence-electron chi connectivity index (χ4n) is 0.904. The van der Waals surface area contributed by atoms with Gasteiger partial charge in [0, 0.05) is 13.1 Å². The minimum atomic E-state index is -1.52. The number of nitrogens with zero attached hydrogens (tertiary/aromatic N) is 1. The average molecular weight is 199 g/mol. The number of hydrogen-bond donors (Lipinski definition) is 0. The zero-order chi connectivity index (χ0) is 10.6. The molecule has 0 fully saturated rings. The molecule has 0 aliphatic rings. The van der Waals surface area contributed by atoms with E-state index < -0.39 is 12.3 Å². The van der Waals surface area contributed by atoms with Crippen LogP contribution in [-0.2, 0) is 4.74 Å². The van der Waals surface area contributed by atoms with Crippen LogP contribution in [-0.4, -0.2) is 24.4 Å². The molecule has 1 aromatic heterocycles. The smallest absolute Gasteiger partial charge is 0.343 e. The molecule has 1 aromatic rings. The highest BCUT2D eigenvalue weighted by atomic mass is 19.1. The summed E-state index contributed by atoms with van der Waals surface area (Å²) in [6.45, 7) is 1.20. The first kappa shape index (κ1) is 10.4. The second kappa shape index (κ2) is 4.55. The summed E-state index contributed by atoms with van der Waals surface area (Å²) in [6, 6.07) is 3.00. The van der Waals surface area contributed by atoms with Crippen LogP contribution in [0.25, 0.3) is 0 Å². The number of methoxy groups -OCH3 is 1. The minimum absolute atomic E-state index is 0.0608. The van der Waals surface area contributed by atoms with Crippen LogP contribution >= 0.6 is 0 Å². The van der Waals surface area contributed by atoms with Crippen LogP contribution in [0.1, 0.15) is 17.3 Å². The van der Waals surface area contributed by atoms with Gasteiger partial charge in [-0.1, -0.05) is 0 Å². The van der Waals surface area contributed by atoms with Gasteiger partial charge in [-0.05, 0) is 12.1 Å². The number of alkyl halides is 1. The lowest BCUT2D eigenvalue weighted by molar-refractivity contribution is 0.0562. The molecule has 0 aliphatic heterocycles. The summed E-state index contributed by atoms with van der Waals surface area (Å²) >= 11 is 0. The third-order valence-electron chi connectivity index (χ3n) is 1.45. The van der Waals surface area contributed by atoms with Gasteiger partial charge in [-0.2, -0.15) is 0 Å². The van der Waals surface area contributed by atoms with Crippen LogP contribution in [0.2, 0.25) is 0 Å². The molecule has 4 nitrogen and oxygen atoms in total. The topological polar surface area (TPSA) is 48.4 Å². The normalized spacial score (nSPS) is 11.9. The van der Waals surface area contributed by atoms with Crippen molar-refractivity contribution in [3.8, 4) is 5.88 Å². The van der Waals surface area contributed by atoms with Crippen molar-refractivity contribution in [1.82, 2.24) is 4.98 Å². The van der Waals surface area contributed by atoms with Gasteiger partial charge in [0.15, 0.2) is 0 Å². The Balaban J connectivity index is 2.97. The lowest BCUT2D eigenvalue weighted by Crippen LogP contribution is -2.11. The fourth-order valence-corrected chi connectivity index (χ4v) is 0.904. The SMILES string of the molecule is COC(=O)c1cccnc1OC(C)F. The van der Waals surface area contributed by atoms with E-state index in [9.17, 15) is 9.18 Å². The van der Waals surface area contributed by atoms with E-state index in [-0.39, 0.29) is 11.4 Å². The van der Waals surface area contributed by atoms with Gasteiger partial charge < -0.3 is 9.47 Å². The zero-order valence-corrected chi connectivity index (χ0v) is 7.86. The largest absolute Gasteiger partial charge is 0.465 e. The number of carbonyl (C=O) groups is 1. The van der Waals surface area contributed by atoms with Crippen LogP contribution in [0.3, 0.4) is 0 Å². The lowest BCUT2D eigenvalue weighted by Gasteiger charge is -2.08.